The highest BCUT2D eigenvalue weighted by Gasteiger charge is 2.16. The van der Waals surface area contributed by atoms with Crippen molar-refractivity contribution in [3.8, 4) is 0 Å². The van der Waals surface area contributed by atoms with Gasteiger partial charge in [-0.1, -0.05) is 19.1 Å². The molecule has 4 nitrogen and oxygen atoms in total. The van der Waals surface area contributed by atoms with Gasteiger partial charge in [-0.3, -0.25) is 0 Å². The number of hydrogen-bond acceptors (Lipinski definition) is 4. The van der Waals surface area contributed by atoms with Crippen LogP contribution in [0.25, 0.3) is 0 Å². The van der Waals surface area contributed by atoms with Gasteiger partial charge in [-0.15, -0.1) is 10.2 Å². The van der Waals surface area contributed by atoms with Gasteiger partial charge < -0.3 is 9.88 Å². The molecule has 1 aromatic heterocycles. The third-order valence-electron chi connectivity index (χ3n) is 2.84. The number of benzene rings is 1. The molecule has 1 unspecified atom stereocenters. The topological polar surface area (TPSA) is 42.7 Å². The van der Waals surface area contributed by atoms with Crippen LogP contribution < -0.4 is 5.32 Å². The Morgan fingerprint density at radius 1 is 1.47 bits per heavy atom. The zero-order chi connectivity index (χ0) is 13.8. The molecule has 6 heteroatoms. The minimum Gasteiger partial charge on any atom is -0.311 e. The summed E-state index contributed by atoms with van der Waals surface area (Å²) in [5.41, 5.74) is 0.940. The fraction of sp³-hybridized carbons (Fsp3) is 0.385. The molecule has 0 aliphatic carbocycles. The van der Waals surface area contributed by atoms with Crippen LogP contribution in [-0.2, 0) is 7.05 Å². The van der Waals surface area contributed by atoms with Crippen LogP contribution in [-0.4, -0.2) is 21.3 Å². The lowest BCUT2D eigenvalue weighted by Crippen LogP contribution is -2.18. The van der Waals surface area contributed by atoms with Crippen LogP contribution in [0.3, 0.4) is 0 Å². The molecule has 0 aliphatic rings. The van der Waals surface area contributed by atoms with Gasteiger partial charge in [-0.05, 0) is 36.9 Å². The molecule has 0 amide bonds. The van der Waals surface area contributed by atoms with Crippen molar-refractivity contribution in [3.63, 3.8) is 0 Å². The lowest BCUT2D eigenvalue weighted by atomic mass is 10.1. The summed E-state index contributed by atoms with van der Waals surface area (Å²) in [5, 5.41) is 11.8. The monoisotopic (exact) mass is 280 g/mol. The van der Waals surface area contributed by atoms with E-state index in [1.165, 1.54) is 17.8 Å². The molecule has 0 aliphatic heterocycles. The van der Waals surface area contributed by atoms with E-state index in [0.29, 0.717) is 10.1 Å². The largest absolute Gasteiger partial charge is 0.311 e. The Hall–Kier alpha value is -1.40. The van der Waals surface area contributed by atoms with E-state index >= 15 is 0 Å². The number of hydrogen-bond donors (Lipinski definition) is 1. The van der Waals surface area contributed by atoms with Crippen molar-refractivity contribution in [3.05, 3.63) is 35.9 Å². The minimum absolute atomic E-state index is 0.0939. The number of aromatic nitrogens is 3. The first-order valence-electron chi connectivity index (χ1n) is 6.17. The molecule has 0 saturated carbocycles. The summed E-state index contributed by atoms with van der Waals surface area (Å²) in [7, 11) is 1.84. The summed E-state index contributed by atoms with van der Waals surface area (Å²) in [5.74, 6) is -0.227. The Bertz CT molecular complexity index is 555. The summed E-state index contributed by atoms with van der Waals surface area (Å²) in [4.78, 5) is 0.604. The number of nitrogens with one attached hydrogen (secondary N) is 1. The Morgan fingerprint density at radius 3 is 2.89 bits per heavy atom. The standard InChI is InChI=1S/C13H17FN4S/c1-4-15-9(2)10-6-5-7-11(14)12(10)19-13-17-16-8-18(13)3/h5-9,15H,4H2,1-3H3. The molecule has 19 heavy (non-hydrogen) atoms. The van der Waals surface area contributed by atoms with Gasteiger partial charge in [0.15, 0.2) is 5.16 Å². The second-order valence-corrected chi connectivity index (χ2v) is 5.24. The van der Waals surface area contributed by atoms with Crippen LogP contribution in [0.1, 0.15) is 25.5 Å². The van der Waals surface area contributed by atoms with E-state index < -0.39 is 0 Å². The summed E-state index contributed by atoms with van der Waals surface area (Å²) < 4.78 is 15.8. The molecule has 1 aromatic carbocycles. The lowest BCUT2D eigenvalue weighted by molar-refractivity contribution is 0.557. The van der Waals surface area contributed by atoms with Crippen LogP contribution >= 0.6 is 11.8 Å². The number of nitrogens with zero attached hydrogens (tertiary/aromatic N) is 3. The molecule has 0 bridgehead atoms. The van der Waals surface area contributed by atoms with Crippen molar-refractivity contribution in [2.75, 3.05) is 6.54 Å². The van der Waals surface area contributed by atoms with E-state index in [-0.39, 0.29) is 11.9 Å². The second kappa shape index (κ2) is 6.16. The first-order valence-corrected chi connectivity index (χ1v) is 6.98. The fourth-order valence-corrected chi connectivity index (χ4v) is 2.84. The van der Waals surface area contributed by atoms with Gasteiger partial charge in [-0.25, -0.2) is 4.39 Å². The first kappa shape index (κ1) is 14.0. The van der Waals surface area contributed by atoms with Gasteiger partial charge in [0.25, 0.3) is 0 Å². The summed E-state index contributed by atoms with van der Waals surface area (Å²) >= 11 is 1.30. The molecule has 1 atom stereocenters. The van der Waals surface area contributed by atoms with Gasteiger partial charge in [0.05, 0.1) is 4.90 Å². The van der Waals surface area contributed by atoms with E-state index in [9.17, 15) is 4.39 Å². The summed E-state index contributed by atoms with van der Waals surface area (Å²) in [6.45, 7) is 4.90. The van der Waals surface area contributed by atoms with Crippen LogP contribution in [0.4, 0.5) is 4.39 Å². The predicted molar refractivity (Wildman–Crippen MR) is 73.6 cm³/mol. The second-order valence-electron chi connectivity index (χ2n) is 4.26. The summed E-state index contributed by atoms with van der Waals surface area (Å²) in [6, 6.07) is 5.24. The van der Waals surface area contributed by atoms with Crippen LogP contribution in [0.2, 0.25) is 0 Å². The Balaban J connectivity index is 2.35. The first-order chi connectivity index (χ1) is 9.13. The Morgan fingerprint density at radius 2 is 2.26 bits per heavy atom. The zero-order valence-electron chi connectivity index (χ0n) is 11.2. The van der Waals surface area contributed by atoms with E-state index in [4.69, 9.17) is 0 Å². The maximum absolute atomic E-state index is 14.1. The predicted octanol–water partition coefficient (Wildman–Crippen LogP) is 2.78. The van der Waals surface area contributed by atoms with Crippen LogP contribution in [0, 0.1) is 5.82 Å². The highest BCUT2D eigenvalue weighted by atomic mass is 32.2. The van der Waals surface area contributed by atoms with Gasteiger partial charge in [-0.2, -0.15) is 0 Å². The molecule has 1 heterocycles. The number of halogens is 1. The Kier molecular flexibility index (Phi) is 4.55. The third kappa shape index (κ3) is 3.13. The van der Waals surface area contributed by atoms with E-state index in [2.05, 4.69) is 15.5 Å². The van der Waals surface area contributed by atoms with Gasteiger partial charge >= 0.3 is 0 Å². The highest BCUT2D eigenvalue weighted by Crippen LogP contribution is 2.34. The van der Waals surface area contributed by atoms with E-state index in [0.717, 1.165) is 12.1 Å². The maximum Gasteiger partial charge on any atom is 0.195 e. The molecule has 2 aromatic rings. The van der Waals surface area contributed by atoms with Crippen molar-refractivity contribution >= 4 is 11.8 Å². The minimum atomic E-state index is -0.227. The number of aryl methyl sites for hydroxylation is 1. The normalized spacial score (nSPS) is 12.6. The smallest absolute Gasteiger partial charge is 0.195 e. The zero-order valence-corrected chi connectivity index (χ0v) is 12.0. The molecule has 0 saturated heterocycles. The molecule has 0 radical (unpaired) electrons. The van der Waals surface area contributed by atoms with E-state index in [1.807, 2.05) is 27.0 Å². The Labute approximate surface area is 116 Å². The SMILES string of the molecule is CCNC(C)c1cccc(F)c1Sc1nncn1C. The molecule has 2 rings (SSSR count). The quantitative estimate of drug-likeness (QED) is 0.914. The lowest BCUT2D eigenvalue weighted by Gasteiger charge is -2.17. The fourth-order valence-electron chi connectivity index (χ4n) is 1.85. The molecular formula is C13H17FN4S. The highest BCUT2D eigenvalue weighted by molar-refractivity contribution is 7.99. The molecule has 0 fully saturated rings. The van der Waals surface area contributed by atoms with Crippen molar-refractivity contribution in [1.29, 1.82) is 0 Å². The molecule has 0 spiro atoms. The number of rotatable bonds is 5. The average molecular weight is 280 g/mol. The molecule has 1 N–H and O–H groups in total. The summed E-state index contributed by atoms with van der Waals surface area (Å²) in [6.07, 6.45) is 1.61. The van der Waals surface area contributed by atoms with Crippen molar-refractivity contribution in [2.45, 2.75) is 29.9 Å². The average Bonchev–Trinajstić information content (AvgIpc) is 2.78. The van der Waals surface area contributed by atoms with Crippen molar-refractivity contribution < 1.29 is 4.39 Å². The third-order valence-corrected chi connectivity index (χ3v) is 4.02. The van der Waals surface area contributed by atoms with Crippen LogP contribution in [0.5, 0.6) is 0 Å². The van der Waals surface area contributed by atoms with Crippen LogP contribution in [0.15, 0.2) is 34.6 Å². The maximum atomic E-state index is 14.1. The van der Waals surface area contributed by atoms with Gasteiger partial charge in [0, 0.05) is 13.1 Å². The van der Waals surface area contributed by atoms with E-state index in [1.54, 1.807) is 17.0 Å². The van der Waals surface area contributed by atoms with Crippen molar-refractivity contribution in [1.82, 2.24) is 20.1 Å². The van der Waals surface area contributed by atoms with Gasteiger partial charge in [0.2, 0.25) is 0 Å². The van der Waals surface area contributed by atoms with Crippen molar-refractivity contribution in [2.24, 2.45) is 7.05 Å². The van der Waals surface area contributed by atoms with Gasteiger partial charge in [0.1, 0.15) is 12.1 Å². The molecular weight excluding hydrogens is 263 g/mol. The molecule has 102 valence electrons.